The Kier molecular flexibility index (Phi) is 8.98. The molecule has 2 atom stereocenters. The van der Waals surface area contributed by atoms with Crippen molar-refractivity contribution in [2.24, 2.45) is 0 Å². The molecule has 0 spiro atoms. The second-order valence-corrected chi connectivity index (χ2v) is 14.4. The quantitative estimate of drug-likeness (QED) is 0.258. The smallest absolute Gasteiger partial charge is 0.261 e. The minimum Gasteiger partial charge on any atom is -0.406 e. The Morgan fingerprint density at radius 3 is 1.59 bits per heavy atom. The Labute approximate surface area is 203 Å². The zero-order valence-corrected chi connectivity index (χ0v) is 21.5. The van der Waals surface area contributed by atoms with E-state index in [-0.39, 0.29) is 15.8 Å². The van der Waals surface area contributed by atoms with Crippen molar-refractivity contribution >= 4 is 41.9 Å². The largest absolute Gasteiger partial charge is 0.406 e. The fourth-order valence-electron chi connectivity index (χ4n) is 4.04. The van der Waals surface area contributed by atoms with Crippen LogP contribution in [0.5, 0.6) is 0 Å². The molecule has 0 saturated heterocycles. The monoisotopic (exact) mass is 486 g/mol. The topological polar surface area (TPSA) is 18.5 Å². The summed E-state index contributed by atoms with van der Waals surface area (Å²) in [4.78, 5) is 0. The fourth-order valence-corrected chi connectivity index (χ4v) is 9.03. The maximum atomic E-state index is 6.88. The molecule has 0 saturated carbocycles. The van der Waals surface area contributed by atoms with Crippen LogP contribution in [0.25, 0.3) is 0 Å². The molecular weight excluding hydrogens is 455 g/mol. The molecule has 0 aliphatic rings. The summed E-state index contributed by atoms with van der Waals surface area (Å²) in [7, 11) is -2.63. The maximum Gasteiger partial charge on any atom is 0.261 e. The summed E-state index contributed by atoms with van der Waals surface area (Å²) < 4.78 is 12.7. The van der Waals surface area contributed by atoms with Crippen molar-refractivity contribution in [3.63, 3.8) is 0 Å². The van der Waals surface area contributed by atoms with Crippen molar-refractivity contribution in [1.29, 1.82) is 0 Å². The molecule has 0 bridgehead atoms. The molecule has 0 heterocycles. The van der Waals surface area contributed by atoms with E-state index in [0.717, 1.165) is 5.56 Å². The summed E-state index contributed by atoms with van der Waals surface area (Å²) in [5, 5.41) is 1.65. The molecule has 0 N–H and O–H groups in total. The molecule has 0 radical (unpaired) electrons. The number of ether oxygens (including phenoxy) is 1. The number of halogens is 2. The Morgan fingerprint density at radius 2 is 1.12 bits per heavy atom. The lowest BCUT2D eigenvalue weighted by Gasteiger charge is -2.43. The Balaban J connectivity index is 1.75. The van der Waals surface area contributed by atoms with Crippen LogP contribution in [0.3, 0.4) is 0 Å². The number of hydrogen-bond acceptors (Lipinski definition) is 2. The number of hydrogen-bond donors (Lipinski definition) is 0. The predicted molar refractivity (Wildman–Crippen MR) is 139 cm³/mol. The van der Waals surface area contributed by atoms with E-state index >= 15 is 0 Å². The van der Waals surface area contributed by atoms with Gasteiger partial charge < -0.3 is 9.16 Å². The van der Waals surface area contributed by atoms with Gasteiger partial charge in [-0.2, -0.15) is 0 Å². The lowest BCUT2D eigenvalue weighted by atomic mass is 10.2. The molecule has 3 aromatic rings. The van der Waals surface area contributed by atoms with Gasteiger partial charge in [-0.25, -0.2) is 0 Å². The Hall–Kier alpha value is -1.62. The van der Waals surface area contributed by atoms with E-state index in [0.29, 0.717) is 19.8 Å². The molecular formula is C27H32Cl2O2Si. The summed E-state index contributed by atoms with van der Waals surface area (Å²) in [6, 6.07) is 31.2. The third-order valence-electron chi connectivity index (χ3n) is 5.66. The van der Waals surface area contributed by atoms with E-state index in [9.17, 15) is 0 Å². The van der Waals surface area contributed by atoms with Gasteiger partial charge in [-0.15, -0.1) is 23.2 Å². The average Bonchev–Trinajstić information content (AvgIpc) is 2.80. The first-order valence-corrected chi connectivity index (χ1v) is 13.8. The van der Waals surface area contributed by atoms with Crippen molar-refractivity contribution in [3.8, 4) is 0 Å². The van der Waals surface area contributed by atoms with Crippen LogP contribution < -0.4 is 10.4 Å². The zero-order chi connectivity index (χ0) is 23.0. The molecule has 3 rings (SSSR count). The summed E-state index contributed by atoms with van der Waals surface area (Å²) >= 11 is 13.3. The number of alkyl halides is 2. The molecule has 0 unspecified atom stereocenters. The van der Waals surface area contributed by atoms with Gasteiger partial charge in [0.25, 0.3) is 8.32 Å². The molecule has 32 heavy (non-hydrogen) atoms. The first-order valence-electron chi connectivity index (χ1n) is 11.0. The second-order valence-electron chi connectivity index (χ2n) is 9.01. The highest BCUT2D eigenvalue weighted by Gasteiger charge is 2.50. The first kappa shape index (κ1) is 25.0. The van der Waals surface area contributed by atoms with Crippen LogP contribution in [0, 0.1) is 0 Å². The van der Waals surface area contributed by atoms with Gasteiger partial charge >= 0.3 is 0 Å². The summed E-state index contributed by atoms with van der Waals surface area (Å²) in [6.45, 7) is 8.01. The lowest BCUT2D eigenvalue weighted by Crippen LogP contribution is -2.67. The van der Waals surface area contributed by atoms with Crippen LogP contribution in [0.15, 0.2) is 91.0 Å². The van der Waals surface area contributed by atoms with Gasteiger partial charge in [0.2, 0.25) is 0 Å². The Morgan fingerprint density at radius 1 is 0.688 bits per heavy atom. The van der Waals surface area contributed by atoms with Gasteiger partial charge in [0, 0.05) is 0 Å². The summed E-state index contributed by atoms with van der Waals surface area (Å²) in [6.07, 6.45) is 0. The fraction of sp³-hybridized carbons (Fsp3) is 0.333. The van der Waals surface area contributed by atoms with Crippen molar-refractivity contribution in [2.45, 2.75) is 43.2 Å². The van der Waals surface area contributed by atoms with E-state index < -0.39 is 8.32 Å². The zero-order valence-electron chi connectivity index (χ0n) is 19.0. The molecule has 0 fully saturated rings. The van der Waals surface area contributed by atoms with Crippen LogP contribution in [0.2, 0.25) is 5.04 Å². The van der Waals surface area contributed by atoms with Gasteiger partial charge in [-0.3, -0.25) is 0 Å². The maximum absolute atomic E-state index is 6.88. The normalized spacial score (nSPS) is 14.2. The van der Waals surface area contributed by atoms with E-state index in [1.54, 1.807) is 0 Å². The third kappa shape index (κ3) is 6.03. The number of rotatable bonds is 10. The SMILES string of the molecule is CC(C)(C)[Si](OC[C@H](Cl)[C@H](Cl)COCc1ccccc1)(c1ccccc1)c1ccccc1. The van der Waals surface area contributed by atoms with Gasteiger partial charge in [0.05, 0.1) is 30.6 Å². The van der Waals surface area contributed by atoms with Gasteiger partial charge in [0.15, 0.2) is 0 Å². The molecule has 170 valence electrons. The lowest BCUT2D eigenvalue weighted by molar-refractivity contribution is 0.116. The highest BCUT2D eigenvalue weighted by molar-refractivity contribution is 6.99. The van der Waals surface area contributed by atoms with Crippen molar-refractivity contribution in [3.05, 3.63) is 96.6 Å². The highest BCUT2D eigenvalue weighted by atomic mass is 35.5. The van der Waals surface area contributed by atoms with Gasteiger partial charge in [0.1, 0.15) is 0 Å². The average molecular weight is 488 g/mol. The van der Waals surface area contributed by atoms with Gasteiger partial charge in [-0.1, -0.05) is 112 Å². The van der Waals surface area contributed by atoms with Crippen molar-refractivity contribution < 1.29 is 9.16 Å². The minimum absolute atomic E-state index is 0.0993. The van der Waals surface area contributed by atoms with E-state index in [4.69, 9.17) is 32.4 Å². The van der Waals surface area contributed by atoms with Crippen LogP contribution in [0.4, 0.5) is 0 Å². The van der Waals surface area contributed by atoms with Crippen LogP contribution in [-0.4, -0.2) is 32.3 Å². The van der Waals surface area contributed by atoms with E-state index in [1.807, 2.05) is 42.5 Å². The van der Waals surface area contributed by atoms with Crippen LogP contribution >= 0.6 is 23.2 Å². The Bertz CT molecular complexity index is 891. The predicted octanol–water partition coefficient (Wildman–Crippen LogP) is 5.99. The van der Waals surface area contributed by atoms with Crippen molar-refractivity contribution in [1.82, 2.24) is 0 Å². The molecule has 0 aliphatic heterocycles. The molecule has 0 aromatic heterocycles. The second kappa shape index (κ2) is 11.5. The van der Waals surface area contributed by atoms with Crippen molar-refractivity contribution in [2.75, 3.05) is 13.2 Å². The van der Waals surface area contributed by atoms with Crippen LogP contribution in [0.1, 0.15) is 26.3 Å². The third-order valence-corrected chi connectivity index (χ3v) is 11.7. The molecule has 5 heteroatoms. The molecule has 0 amide bonds. The highest BCUT2D eigenvalue weighted by Crippen LogP contribution is 2.37. The summed E-state index contributed by atoms with van der Waals surface area (Å²) in [5.41, 5.74) is 1.12. The van der Waals surface area contributed by atoms with Crippen LogP contribution in [-0.2, 0) is 15.8 Å². The molecule has 0 aliphatic carbocycles. The minimum atomic E-state index is -2.63. The molecule has 3 aromatic carbocycles. The number of benzene rings is 3. The standard InChI is InChI=1S/C27H32Cl2O2Si/c1-27(2,3)32(23-15-9-5-10-16-23,24-17-11-6-12-18-24)31-21-26(29)25(28)20-30-19-22-13-7-4-8-14-22/h4-18,25-26H,19-21H2,1-3H3/t25-,26+/m1/s1. The summed E-state index contributed by atoms with van der Waals surface area (Å²) in [5.74, 6) is 0. The van der Waals surface area contributed by atoms with E-state index in [2.05, 4.69) is 69.3 Å². The van der Waals surface area contributed by atoms with E-state index in [1.165, 1.54) is 10.4 Å². The molecule has 2 nitrogen and oxygen atoms in total. The van der Waals surface area contributed by atoms with Gasteiger partial charge in [-0.05, 0) is 21.0 Å². The first-order chi connectivity index (χ1) is 15.3.